The SMILES string of the molecule is CCOC(=O)C(NC(C)=O)(C(=O)OCC)C(C)c1ccc(OC)cc1. The number of carbonyl (C=O) groups is 3. The smallest absolute Gasteiger partial charge is 0.344 e. The lowest BCUT2D eigenvalue weighted by molar-refractivity contribution is -0.169. The average Bonchev–Trinajstić information content (AvgIpc) is 2.59. The van der Waals surface area contributed by atoms with E-state index in [1.54, 1.807) is 45.0 Å². The second-order valence-corrected chi connectivity index (χ2v) is 5.42. The molecule has 0 saturated heterocycles. The lowest BCUT2D eigenvalue weighted by Gasteiger charge is -2.35. The van der Waals surface area contributed by atoms with E-state index in [4.69, 9.17) is 14.2 Å². The average molecular weight is 351 g/mol. The molecule has 7 nitrogen and oxygen atoms in total. The van der Waals surface area contributed by atoms with E-state index < -0.39 is 29.3 Å². The van der Waals surface area contributed by atoms with Crippen molar-refractivity contribution in [3.05, 3.63) is 29.8 Å². The standard InChI is InChI=1S/C18H25NO6/c1-6-24-16(21)18(19-13(4)20,17(22)25-7-2)12(3)14-8-10-15(23-5)11-9-14/h8-12H,6-7H2,1-5H3,(H,19,20). The van der Waals surface area contributed by atoms with Crippen molar-refractivity contribution >= 4 is 17.8 Å². The fraction of sp³-hybridized carbons (Fsp3) is 0.500. The predicted octanol–water partition coefficient (Wildman–Crippen LogP) is 1.80. The molecule has 0 fully saturated rings. The van der Waals surface area contributed by atoms with Gasteiger partial charge in [-0.05, 0) is 31.5 Å². The molecule has 1 amide bonds. The van der Waals surface area contributed by atoms with Gasteiger partial charge in [-0.25, -0.2) is 9.59 Å². The monoisotopic (exact) mass is 351 g/mol. The number of hydrogen-bond donors (Lipinski definition) is 1. The summed E-state index contributed by atoms with van der Waals surface area (Å²) in [5, 5.41) is 2.47. The molecule has 1 N–H and O–H groups in total. The molecule has 0 aliphatic carbocycles. The highest BCUT2D eigenvalue weighted by atomic mass is 16.6. The van der Waals surface area contributed by atoms with Crippen LogP contribution in [-0.4, -0.2) is 43.7 Å². The topological polar surface area (TPSA) is 90.9 Å². The number of nitrogens with one attached hydrogen (secondary N) is 1. The van der Waals surface area contributed by atoms with Crippen LogP contribution < -0.4 is 10.1 Å². The van der Waals surface area contributed by atoms with Crippen LogP contribution in [0.2, 0.25) is 0 Å². The van der Waals surface area contributed by atoms with Crippen molar-refractivity contribution in [3.63, 3.8) is 0 Å². The summed E-state index contributed by atoms with van der Waals surface area (Å²) in [6, 6.07) is 6.86. The molecule has 0 bridgehead atoms. The summed E-state index contributed by atoms with van der Waals surface area (Å²) in [4.78, 5) is 37.2. The Morgan fingerprint density at radius 2 is 1.52 bits per heavy atom. The summed E-state index contributed by atoms with van der Waals surface area (Å²) in [6.07, 6.45) is 0. The summed E-state index contributed by atoms with van der Waals surface area (Å²) >= 11 is 0. The number of esters is 2. The molecule has 0 aliphatic rings. The molecule has 0 spiro atoms. The normalized spacial score (nSPS) is 12.0. The number of amides is 1. The van der Waals surface area contributed by atoms with E-state index in [0.717, 1.165) is 0 Å². The summed E-state index contributed by atoms with van der Waals surface area (Å²) in [5.74, 6) is -2.34. The first-order valence-corrected chi connectivity index (χ1v) is 8.10. The van der Waals surface area contributed by atoms with Gasteiger partial charge in [0, 0.05) is 12.8 Å². The van der Waals surface area contributed by atoms with Gasteiger partial charge in [0.25, 0.3) is 0 Å². The van der Waals surface area contributed by atoms with Gasteiger partial charge in [0.05, 0.1) is 20.3 Å². The molecule has 25 heavy (non-hydrogen) atoms. The molecule has 0 aliphatic heterocycles. The molecule has 1 atom stereocenters. The zero-order valence-corrected chi connectivity index (χ0v) is 15.3. The lowest BCUT2D eigenvalue weighted by Crippen LogP contribution is -2.64. The maximum atomic E-state index is 12.7. The fourth-order valence-electron chi connectivity index (χ4n) is 2.56. The Morgan fingerprint density at radius 3 is 1.88 bits per heavy atom. The molecule has 0 saturated carbocycles. The van der Waals surface area contributed by atoms with Crippen molar-refractivity contribution in [2.24, 2.45) is 0 Å². The zero-order chi connectivity index (χ0) is 19.0. The Morgan fingerprint density at radius 1 is 1.04 bits per heavy atom. The quantitative estimate of drug-likeness (QED) is 0.567. The maximum absolute atomic E-state index is 12.7. The van der Waals surface area contributed by atoms with E-state index in [1.165, 1.54) is 14.0 Å². The minimum atomic E-state index is -1.97. The first-order valence-electron chi connectivity index (χ1n) is 8.10. The van der Waals surface area contributed by atoms with Crippen LogP contribution in [-0.2, 0) is 23.9 Å². The van der Waals surface area contributed by atoms with E-state index in [9.17, 15) is 14.4 Å². The van der Waals surface area contributed by atoms with E-state index in [0.29, 0.717) is 11.3 Å². The van der Waals surface area contributed by atoms with Crippen LogP contribution in [0.15, 0.2) is 24.3 Å². The second kappa shape index (κ2) is 9.05. The zero-order valence-electron chi connectivity index (χ0n) is 15.3. The number of rotatable bonds is 8. The van der Waals surface area contributed by atoms with E-state index in [-0.39, 0.29) is 13.2 Å². The highest BCUT2D eigenvalue weighted by Gasteiger charge is 2.54. The van der Waals surface area contributed by atoms with Crippen molar-refractivity contribution in [2.75, 3.05) is 20.3 Å². The van der Waals surface area contributed by atoms with Gasteiger partial charge in [0.15, 0.2) is 0 Å². The van der Waals surface area contributed by atoms with E-state index >= 15 is 0 Å². The highest BCUT2D eigenvalue weighted by molar-refractivity contribution is 6.08. The van der Waals surface area contributed by atoms with Crippen molar-refractivity contribution in [2.45, 2.75) is 39.2 Å². The molecule has 138 valence electrons. The largest absolute Gasteiger partial charge is 0.497 e. The Kier molecular flexibility index (Phi) is 7.42. The second-order valence-electron chi connectivity index (χ2n) is 5.42. The van der Waals surface area contributed by atoms with Crippen molar-refractivity contribution in [3.8, 4) is 5.75 Å². The molecule has 0 aromatic heterocycles. The predicted molar refractivity (Wildman–Crippen MR) is 91.2 cm³/mol. The third-order valence-electron chi connectivity index (χ3n) is 3.83. The van der Waals surface area contributed by atoms with Gasteiger partial charge in [0.1, 0.15) is 5.75 Å². The molecule has 0 radical (unpaired) electrons. The number of methoxy groups -OCH3 is 1. The molecule has 0 heterocycles. The van der Waals surface area contributed by atoms with Gasteiger partial charge >= 0.3 is 11.9 Å². The Labute approximate surface area is 147 Å². The van der Waals surface area contributed by atoms with Crippen LogP contribution in [0.25, 0.3) is 0 Å². The number of carbonyl (C=O) groups excluding carboxylic acids is 3. The molecule has 1 unspecified atom stereocenters. The summed E-state index contributed by atoms with van der Waals surface area (Å²) in [6.45, 7) is 6.27. The minimum absolute atomic E-state index is 0.0644. The summed E-state index contributed by atoms with van der Waals surface area (Å²) in [7, 11) is 1.54. The molecule has 7 heteroatoms. The Balaban J connectivity index is 3.44. The van der Waals surface area contributed by atoms with Crippen LogP contribution in [0, 0.1) is 0 Å². The first-order chi connectivity index (χ1) is 11.8. The van der Waals surface area contributed by atoms with Gasteiger partial charge in [-0.15, -0.1) is 0 Å². The van der Waals surface area contributed by atoms with Gasteiger partial charge < -0.3 is 19.5 Å². The van der Waals surface area contributed by atoms with Gasteiger partial charge in [-0.2, -0.15) is 0 Å². The van der Waals surface area contributed by atoms with Crippen molar-refractivity contribution < 1.29 is 28.6 Å². The highest BCUT2D eigenvalue weighted by Crippen LogP contribution is 2.32. The van der Waals surface area contributed by atoms with E-state index in [2.05, 4.69) is 5.32 Å². The van der Waals surface area contributed by atoms with Crippen molar-refractivity contribution in [1.29, 1.82) is 0 Å². The van der Waals surface area contributed by atoms with Gasteiger partial charge in [-0.3, -0.25) is 4.79 Å². The number of benzene rings is 1. The number of ether oxygens (including phenoxy) is 3. The van der Waals surface area contributed by atoms with Gasteiger partial charge in [0.2, 0.25) is 11.4 Å². The van der Waals surface area contributed by atoms with Crippen LogP contribution in [0.3, 0.4) is 0 Å². The molecule has 1 rings (SSSR count). The maximum Gasteiger partial charge on any atom is 0.344 e. The molecule has 1 aromatic carbocycles. The third-order valence-corrected chi connectivity index (χ3v) is 3.83. The fourth-order valence-corrected chi connectivity index (χ4v) is 2.56. The summed E-state index contributed by atoms with van der Waals surface area (Å²) < 4.78 is 15.3. The van der Waals surface area contributed by atoms with Crippen LogP contribution in [0.4, 0.5) is 0 Å². The lowest BCUT2D eigenvalue weighted by atomic mass is 9.80. The first kappa shape index (κ1) is 20.5. The summed E-state index contributed by atoms with van der Waals surface area (Å²) in [5.41, 5.74) is -1.32. The number of hydrogen-bond acceptors (Lipinski definition) is 6. The molecular formula is C18H25NO6. The van der Waals surface area contributed by atoms with Crippen LogP contribution in [0.1, 0.15) is 39.2 Å². The third kappa shape index (κ3) is 4.49. The van der Waals surface area contributed by atoms with Crippen LogP contribution >= 0.6 is 0 Å². The van der Waals surface area contributed by atoms with E-state index in [1.807, 2.05) is 0 Å². The minimum Gasteiger partial charge on any atom is -0.497 e. The molecular weight excluding hydrogens is 326 g/mol. The Hall–Kier alpha value is -2.57. The Bertz CT molecular complexity index is 592. The van der Waals surface area contributed by atoms with Gasteiger partial charge in [-0.1, -0.05) is 19.1 Å². The van der Waals surface area contributed by atoms with Crippen molar-refractivity contribution in [1.82, 2.24) is 5.32 Å². The van der Waals surface area contributed by atoms with Crippen LogP contribution in [0.5, 0.6) is 5.75 Å². The molecule has 1 aromatic rings.